The van der Waals surface area contributed by atoms with Crippen molar-refractivity contribution in [1.82, 2.24) is 9.55 Å². The number of nitrogens with zero attached hydrogens (tertiary/aromatic N) is 2. The van der Waals surface area contributed by atoms with Crippen molar-refractivity contribution < 1.29 is 9.53 Å². The Labute approximate surface area is 145 Å². The molecule has 0 saturated heterocycles. The van der Waals surface area contributed by atoms with Gasteiger partial charge in [-0.15, -0.1) is 0 Å². The highest BCUT2D eigenvalue weighted by atomic mass is 35.5. The second-order valence-corrected chi connectivity index (χ2v) is 5.90. The summed E-state index contributed by atoms with van der Waals surface area (Å²) < 4.78 is 6.80. The summed E-state index contributed by atoms with van der Waals surface area (Å²) in [6, 6.07) is 15.2. The molecule has 3 rings (SSSR count). The van der Waals surface area contributed by atoms with E-state index in [9.17, 15) is 4.79 Å². The Kier molecular flexibility index (Phi) is 4.96. The van der Waals surface area contributed by atoms with Crippen LogP contribution in [-0.2, 0) is 17.7 Å². The highest BCUT2D eigenvalue weighted by molar-refractivity contribution is 6.30. The first-order valence-electron chi connectivity index (χ1n) is 7.57. The minimum atomic E-state index is -0.328. The summed E-state index contributed by atoms with van der Waals surface area (Å²) in [5.41, 5.74) is 2.76. The number of carbonyl (C=O) groups is 1. The van der Waals surface area contributed by atoms with E-state index in [0.29, 0.717) is 18.5 Å². The van der Waals surface area contributed by atoms with Gasteiger partial charge in [0.15, 0.2) is 0 Å². The molecule has 0 spiro atoms. The largest absolute Gasteiger partial charge is 0.465 e. The molecule has 2 aromatic carbocycles. The Bertz CT molecular complexity index is 841. The summed E-state index contributed by atoms with van der Waals surface area (Å²) in [7, 11) is 1.38. The molecule has 4 nitrogen and oxygen atoms in total. The van der Waals surface area contributed by atoms with E-state index in [1.54, 1.807) is 18.3 Å². The zero-order valence-electron chi connectivity index (χ0n) is 13.3. The zero-order valence-corrected chi connectivity index (χ0v) is 14.0. The topological polar surface area (TPSA) is 44.1 Å². The number of methoxy groups -OCH3 is 1. The van der Waals surface area contributed by atoms with Gasteiger partial charge < -0.3 is 9.30 Å². The lowest BCUT2D eigenvalue weighted by Gasteiger charge is -2.09. The predicted octanol–water partition coefficient (Wildman–Crippen LogP) is 3.96. The number of hydrogen-bond acceptors (Lipinski definition) is 3. The van der Waals surface area contributed by atoms with Gasteiger partial charge in [0.2, 0.25) is 0 Å². The molecule has 122 valence electrons. The van der Waals surface area contributed by atoms with E-state index in [0.717, 1.165) is 22.0 Å². The summed E-state index contributed by atoms with van der Waals surface area (Å²) >= 11 is 6.04. The van der Waals surface area contributed by atoms with E-state index in [1.165, 1.54) is 7.11 Å². The Morgan fingerprint density at radius 2 is 1.96 bits per heavy atom. The average Bonchev–Trinajstić information content (AvgIpc) is 3.01. The van der Waals surface area contributed by atoms with Crippen molar-refractivity contribution in [2.75, 3.05) is 7.11 Å². The highest BCUT2D eigenvalue weighted by Crippen LogP contribution is 2.15. The minimum Gasteiger partial charge on any atom is -0.465 e. The fraction of sp³-hybridized carbons (Fsp3) is 0.158. The van der Waals surface area contributed by atoms with Crippen LogP contribution in [0.1, 0.15) is 27.3 Å². The molecule has 24 heavy (non-hydrogen) atoms. The van der Waals surface area contributed by atoms with Crippen LogP contribution in [-0.4, -0.2) is 22.6 Å². The molecule has 1 aromatic heterocycles. The lowest BCUT2D eigenvalue weighted by molar-refractivity contribution is 0.0600. The van der Waals surface area contributed by atoms with Crippen molar-refractivity contribution in [2.45, 2.75) is 13.0 Å². The molecule has 0 N–H and O–H groups in total. The van der Waals surface area contributed by atoms with Crippen LogP contribution in [0.2, 0.25) is 5.02 Å². The third-order valence-corrected chi connectivity index (χ3v) is 4.02. The maximum Gasteiger partial charge on any atom is 0.337 e. The van der Waals surface area contributed by atoms with Crippen LogP contribution in [0.4, 0.5) is 0 Å². The maximum atomic E-state index is 11.5. The Morgan fingerprint density at radius 3 is 2.67 bits per heavy atom. The summed E-state index contributed by atoms with van der Waals surface area (Å²) in [5, 5.41) is 0.726. The monoisotopic (exact) mass is 340 g/mol. The molecule has 3 aromatic rings. The summed E-state index contributed by atoms with van der Waals surface area (Å²) in [6.45, 7) is 0.692. The molecule has 0 atom stereocenters. The quantitative estimate of drug-likeness (QED) is 0.660. The van der Waals surface area contributed by atoms with Crippen molar-refractivity contribution in [3.05, 3.63) is 88.5 Å². The lowest BCUT2D eigenvalue weighted by atomic mass is 10.1. The van der Waals surface area contributed by atoms with Gasteiger partial charge in [0, 0.05) is 30.4 Å². The lowest BCUT2D eigenvalue weighted by Crippen LogP contribution is -2.06. The number of imidazole rings is 1. The van der Waals surface area contributed by atoms with Gasteiger partial charge in [-0.25, -0.2) is 9.78 Å². The van der Waals surface area contributed by atoms with E-state index >= 15 is 0 Å². The number of hydrogen-bond donors (Lipinski definition) is 0. The van der Waals surface area contributed by atoms with Gasteiger partial charge in [0.25, 0.3) is 0 Å². The van der Waals surface area contributed by atoms with Crippen LogP contribution in [0.5, 0.6) is 0 Å². The van der Waals surface area contributed by atoms with Gasteiger partial charge in [-0.1, -0.05) is 35.9 Å². The molecule has 0 fully saturated rings. The van der Waals surface area contributed by atoms with Gasteiger partial charge in [0.1, 0.15) is 5.82 Å². The van der Waals surface area contributed by atoms with E-state index in [4.69, 9.17) is 16.3 Å². The van der Waals surface area contributed by atoms with Crippen molar-refractivity contribution in [1.29, 1.82) is 0 Å². The number of aromatic nitrogens is 2. The number of benzene rings is 2. The third-order valence-electron chi connectivity index (χ3n) is 3.78. The van der Waals surface area contributed by atoms with Crippen molar-refractivity contribution in [2.24, 2.45) is 0 Å². The standard InChI is InChI=1S/C19H17ClN2O2/c1-24-19(23)16-7-5-14(6-8-16)13-22-10-9-21-18(22)12-15-3-2-4-17(20)11-15/h2-11H,12-13H2,1H3. The van der Waals surface area contributed by atoms with Crippen LogP contribution in [0.3, 0.4) is 0 Å². The van der Waals surface area contributed by atoms with Crippen LogP contribution in [0, 0.1) is 0 Å². The molecule has 0 bridgehead atoms. The normalized spacial score (nSPS) is 10.6. The van der Waals surface area contributed by atoms with E-state index in [2.05, 4.69) is 9.55 Å². The van der Waals surface area contributed by atoms with Gasteiger partial charge in [0.05, 0.1) is 12.7 Å². The molecular formula is C19H17ClN2O2. The molecule has 0 aliphatic heterocycles. The third kappa shape index (κ3) is 3.84. The maximum absolute atomic E-state index is 11.5. The fourth-order valence-electron chi connectivity index (χ4n) is 2.54. The first kappa shape index (κ1) is 16.3. The van der Waals surface area contributed by atoms with Gasteiger partial charge in [-0.3, -0.25) is 0 Å². The molecule has 1 heterocycles. The molecule has 0 aliphatic carbocycles. The Balaban J connectivity index is 1.74. The number of carbonyl (C=O) groups excluding carboxylic acids is 1. The number of esters is 1. The molecule has 0 radical (unpaired) electrons. The molecule has 0 aliphatic rings. The van der Waals surface area contributed by atoms with Crippen LogP contribution in [0.15, 0.2) is 60.9 Å². The number of halogens is 1. The molecular weight excluding hydrogens is 324 g/mol. The van der Waals surface area contributed by atoms with Crippen molar-refractivity contribution in [3.8, 4) is 0 Å². The number of rotatable bonds is 5. The minimum absolute atomic E-state index is 0.328. The first-order valence-corrected chi connectivity index (χ1v) is 7.95. The zero-order chi connectivity index (χ0) is 16.9. The highest BCUT2D eigenvalue weighted by Gasteiger charge is 2.07. The second kappa shape index (κ2) is 7.32. The van der Waals surface area contributed by atoms with Crippen LogP contribution in [0.25, 0.3) is 0 Å². The molecule has 0 unspecified atom stereocenters. The Hall–Kier alpha value is -2.59. The Morgan fingerprint density at radius 1 is 1.17 bits per heavy atom. The smallest absolute Gasteiger partial charge is 0.337 e. The summed E-state index contributed by atoms with van der Waals surface area (Å²) in [6.07, 6.45) is 4.46. The van der Waals surface area contributed by atoms with Crippen LogP contribution >= 0.6 is 11.6 Å². The summed E-state index contributed by atoms with van der Waals surface area (Å²) in [5.74, 6) is 0.639. The predicted molar refractivity (Wildman–Crippen MR) is 93.4 cm³/mol. The SMILES string of the molecule is COC(=O)c1ccc(Cn2ccnc2Cc2cccc(Cl)c2)cc1. The second-order valence-electron chi connectivity index (χ2n) is 5.47. The molecule has 5 heteroatoms. The van der Waals surface area contributed by atoms with Gasteiger partial charge >= 0.3 is 5.97 Å². The van der Waals surface area contributed by atoms with Crippen LogP contribution < -0.4 is 0 Å². The first-order chi connectivity index (χ1) is 11.7. The van der Waals surface area contributed by atoms with Gasteiger partial charge in [-0.2, -0.15) is 0 Å². The number of ether oxygens (including phenoxy) is 1. The van der Waals surface area contributed by atoms with E-state index in [-0.39, 0.29) is 5.97 Å². The average molecular weight is 341 g/mol. The molecule has 0 saturated carbocycles. The van der Waals surface area contributed by atoms with Gasteiger partial charge in [-0.05, 0) is 35.4 Å². The van der Waals surface area contributed by atoms with Crippen molar-refractivity contribution in [3.63, 3.8) is 0 Å². The van der Waals surface area contributed by atoms with Crippen molar-refractivity contribution >= 4 is 17.6 Å². The van der Waals surface area contributed by atoms with E-state index in [1.807, 2.05) is 42.6 Å². The molecule has 0 amide bonds. The summed E-state index contributed by atoms with van der Waals surface area (Å²) in [4.78, 5) is 15.9. The van der Waals surface area contributed by atoms with E-state index < -0.39 is 0 Å². The fourth-order valence-corrected chi connectivity index (χ4v) is 2.75.